The number of hydrogen-bond acceptors (Lipinski definition) is 2. The first kappa shape index (κ1) is 14.1. The Morgan fingerprint density at radius 2 is 2.16 bits per heavy atom. The van der Waals surface area contributed by atoms with E-state index in [9.17, 15) is 4.79 Å². The van der Waals surface area contributed by atoms with Crippen molar-refractivity contribution >= 4 is 5.91 Å². The van der Waals surface area contributed by atoms with Crippen LogP contribution in [0.1, 0.15) is 31.7 Å². The molecule has 1 N–H and O–H groups in total. The third kappa shape index (κ3) is 4.35. The fraction of sp³-hybridized carbons (Fsp3) is 0.562. The van der Waals surface area contributed by atoms with E-state index in [2.05, 4.69) is 24.4 Å². The SMILES string of the molecule is CCCN(Cc1ccccc1)C(=O)CC1CCNC1. The zero-order chi connectivity index (χ0) is 13.5. The van der Waals surface area contributed by atoms with E-state index in [0.29, 0.717) is 18.2 Å². The van der Waals surface area contributed by atoms with Gasteiger partial charge in [-0.2, -0.15) is 0 Å². The van der Waals surface area contributed by atoms with Crippen LogP contribution in [0.25, 0.3) is 0 Å². The largest absolute Gasteiger partial charge is 0.338 e. The summed E-state index contributed by atoms with van der Waals surface area (Å²) in [5.74, 6) is 0.835. The molecule has 104 valence electrons. The minimum atomic E-state index is 0.305. The molecule has 1 aromatic rings. The van der Waals surface area contributed by atoms with Crippen LogP contribution in [-0.2, 0) is 11.3 Å². The van der Waals surface area contributed by atoms with Crippen molar-refractivity contribution in [2.45, 2.75) is 32.7 Å². The van der Waals surface area contributed by atoms with Crippen LogP contribution in [0.5, 0.6) is 0 Å². The van der Waals surface area contributed by atoms with Crippen molar-refractivity contribution < 1.29 is 4.79 Å². The Morgan fingerprint density at radius 1 is 1.37 bits per heavy atom. The predicted octanol–water partition coefficient (Wildman–Crippen LogP) is 2.42. The normalized spacial score (nSPS) is 18.5. The summed E-state index contributed by atoms with van der Waals surface area (Å²) in [4.78, 5) is 14.4. The van der Waals surface area contributed by atoms with Gasteiger partial charge in [-0.05, 0) is 37.4 Å². The van der Waals surface area contributed by atoms with Crippen LogP contribution in [-0.4, -0.2) is 30.4 Å². The van der Waals surface area contributed by atoms with Crippen LogP contribution in [0, 0.1) is 5.92 Å². The second-order valence-electron chi connectivity index (χ2n) is 5.36. The molecule has 3 heteroatoms. The van der Waals surface area contributed by atoms with E-state index in [1.54, 1.807) is 0 Å². The Kier molecular flexibility index (Phi) is 5.40. The topological polar surface area (TPSA) is 32.3 Å². The van der Waals surface area contributed by atoms with Gasteiger partial charge in [0.15, 0.2) is 0 Å². The smallest absolute Gasteiger partial charge is 0.223 e. The first-order valence-corrected chi connectivity index (χ1v) is 7.32. The maximum atomic E-state index is 12.4. The molecule has 1 amide bonds. The highest BCUT2D eigenvalue weighted by molar-refractivity contribution is 5.76. The molecule has 0 spiro atoms. The average molecular weight is 260 g/mol. The lowest BCUT2D eigenvalue weighted by molar-refractivity contribution is -0.132. The molecular weight excluding hydrogens is 236 g/mol. The number of nitrogens with one attached hydrogen (secondary N) is 1. The van der Waals surface area contributed by atoms with Crippen molar-refractivity contribution in [2.24, 2.45) is 5.92 Å². The second-order valence-corrected chi connectivity index (χ2v) is 5.36. The van der Waals surface area contributed by atoms with Gasteiger partial charge < -0.3 is 10.2 Å². The van der Waals surface area contributed by atoms with Gasteiger partial charge in [-0.25, -0.2) is 0 Å². The highest BCUT2D eigenvalue weighted by Gasteiger charge is 2.21. The van der Waals surface area contributed by atoms with E-state index in [1.807, 2.05) is 23.1 Å². The van der Waals surface area contributed by atoms with Gasteiger partial charge in [-0.1, -0.05) is 37.3 Å². The van der Waals surface area contributed by atoms with Crippen LogP contribution in [0.3, 0.4) is 0 Å². The highest BCUT2D eigenvalue weighted by atomic mass is 16.2. The summed E-state index contributed by atoms with van der Waals surface area (Å²) >= 11 is 0. The second kappa shape index (κ2) is 7.29. The van der Waals surface area contributed by atoms with Crippen LogP contribution >= 0.6 is 0 Å². The molecule has 0 bridgehead atoms. The predicted molar refractivity (Wildman–Crippen MR) is 77.7 cm³/mol. The van der Waals surface area contributed by atoms with Crippen LogP contribution in [0.2, 0.25) is 0 Å². The zero-order valence-electron chi connectivity index (χ0n) is 11.8. The van der Waals surface area contributed by atoms with E-state index in [0.717, 1.165) is 39.0 Å². The van der Waals surface area contributed by atoms with Crippen molar-refractivity contribution in [1.82, 2.24) is 10.2 Å². The summed E-state index contributed by atoms with van der Waals surface area (Å²) in [5.41, 5.74) is 1.22. The summed E-state index contributed by atoms with van der Waals surface area (Å²) in [7, 11) is 0. The van der Waals surface area contributed by atoms with Crippen LogP contribution in [0.4, 0.5) is 0 Å². The number of carbonyl (C=O) groups is 1. The molecule has 0 aliphatic carbocycles. The Morgan fingerprint density at radius 3 is 2.79 bits per heavy atom. The lowest BCUT2D eigenvalue weighted by atomic mass is 10.0. The van der Waals surface area contributed by atoms with Gasteiger partial charge in [0.05, 0.1) is 0 Å². The van der Waals surface area contributed by atoms with Gasteiger partial charge in [0.2, 0.25) is 5.91 Å². The van der Waals surface area contributed by atoms with Gasteiger partial charge in [0, 0.05) is 19.5 Å². The Labute approximate surface area is 116 Å². The molecule has 1 heterocycles. The van der Waals surface area contributed by atoms with Gasteiger partial charge in [-0.3, -0.25) is 4.79 Å². The molecule has 0 aromatic heterocycles. The number of amides is 1. The first-order valence-electron chi connectivity index (χ1n) is 7.32. The summed E-state index contributed by atoms with van der Waals surface area (Å²) in [5, 5.41) is 3.33. The molecule has 1 saturated heterocycles. The fourth-order valence-corrected chi connectivity index (χ4v) is 2.63. The Balaban J connectivity index is 1.92. The number of hydrogen-bond donors (Lipinski definition) is 1. The third-order valence-corrected chi connectivity index (χ3v) is 3.69. The van der Waals surface area contributed by atoms with Gasteiger partial charge in [0.25, 0.3) is 0 Å². The maximum absolute atomic E-state index is 12.4. The molecule has 1 atom stereocenters. The monoisotopic (exact) mass is 260 g/mol. The number of rotatable bonds is 6. The third-order valence-electron chi connectivity index (χ3n) is 3.69. The van der Waals surface area contributed by atoms with E-state index in [4.69, 9.17) is 0 Å². The highest BCUT2D eigenvalue weighted by Crippen LogP contribution is 2.15. The van der Waals surface area contributed by atoms with Crippen molar-refractivity contribution in [3.05, 3.63) is 35.9 Å². The molecule has 19 heavy (non-hydrogen) atoms. The van der Waals surface area contributed by atoms with Crippen LogP contribution < -0.4 is 5.32 Å². The van der Waals surface area contributed by atoms with Crippen molar-refractivity contribution in [1.29, 1.82) is 0 Å². The lowest BCUT2D eigenvalue weighted by Gasteiger charge is -2.23. The molecule has 0 radical (unpaired) electrons. The van der Waals surface area contributed by atoms with E-state index < -0.39 is 0 Å². The lowest BCUT2D eigenvalue weighted by Crippen LogP contribution is -2.32. The van der Waals surface area contributed by atoms with Gasteiger partial charge >= 0.3 is 0 Å². The summed E-state index contributed by atoms with van der Waals surface area (Å²) in [6.07, 6.45) is 2.85. The van der Waals surface area contributed by atoms with Crippen molar-refractivity contribution in [3.63, 3.8) is 0 Å². The van der Waals surface area contributed by atoms with Crippen molar-refractivity contribution in [3.8, 4) is 0 Å². The van der Waals surface area contributed by atoms with Crippen LogP contribution in [0.15, 0.2) is 30.3 Å². The van der Waals surface area contributed by atoms with E-state index in [1.165, 1.54) is 5.56 Å². The van der Waals surface area contributed by atoms with E-state index in [-0.39, 0.29) is 0 Å². The maximum Gasteiger partial charge on any atom is 0.223 e. The zero-order valence-corrected chi connectivity index (χ0v) is 11.8. The molecule has 2 rings (SSSR count). The molecule has 1 aliphatic heterocycles. The molecule has 1 unspecified atom stereocenters. The minimum absolute atomic E-state index is 0.305. The molecular formula is C16H24N2O. The Hall–Kier alpha value is -1.35. The molecule has 0 saturated carbocycles. The fourth-order valence-electron chi connectivity index (χ4n) is 2.63. The summed E-state index contributed by atoms with van der Waals surface area (Å²) < 4.78 is 0. The number of carbonyl (C=O) groups excluding carboxylic acids is 1. The number of benzene rings is 1. The van der Waals surface area contributed by atoms with Gasteiger partial charge in [-0.15, -0.1) is 0 Å². The molecule has 1 aliphatic rings. The average Bonchev–Trinajstić information content (AvgIpc) is 2.92. The van der Waals surface area contributed by atoms with E-state index >= 15 is 0 Å². The van der Waals surface area contributed by atoms with Crippen molar-refractivity contribution in [2.75, 3.05) is 19.6 Å². The minimum Gasteiger partial charge on any atom is -0.338 e. The summed E-state index contributed by atoms with van der Waals surface area (Å²) in [6.45, 7) is 5.78. The molecule has 3 nitrogen and oxygen atoms in total. The quantitative estimate of drug-likeness (QED) is 0.852. The first-order chi connectivity index (χ1) is 9.29. The standard InChI is InChI=1S/C16H24N2O/c1-2-10-18(13-14-6-4-3-5-7-14)16(19)11-15-8-9-17-12-15/h3-7,15,17H,2,8-13H2,1H3. The molecule has 1 aromatic carbocycles. The Bertz CT molecular complexity index is 385. The van der Waals surface area contributed by atoms with Gasteiger partial charge in [0.1, 0.15) is 0 Å². The molecule has 1 fully saturated rings. The number of nitrogens with zero attached hydrogens (tertiary/aromatic N) is 1. The summed E-state index contributed by atoms with van der Waals surface area (Å²) in [6, 6.07) is 10.3.